The first-order valence-corrected chi connectivity index (χ1v) is 7.67. The summed E-state index contributed by atoms with van der Waals surface area (Å²) in [6.07, 6.45) is 2.56. The van der Waals surface area contributed by atoms with Crippen molar-refractivity contribution < 1.29 is 4.79 Å². The van der Waals surface area contributed by atoms with E-state index in [0.717, 1.165) is 17.3 Å². The Morgan fingerprint density at radius 3 is 2.65 bits per heavy atom. The third-order valence-electron chi connectivity index (χ3n) is 3.82. The lowest BCUT2D eigenvalue weighted by Crippen LogP contribution is -2.33. The molecule has 0 bridgehead atoms. The van der Waals surface area contributed by atoms with E-state index in [1.165, 1.54) is 5.56 Å². The van der Waals surface area contributed by atoms with E-state index < -0.39 is 0 Å². The fourth-order valence-electron chi connectivity index (χ4n) is 2.62. The second-order valence-electron chi connectivity index (χ2n) is 5.39. The molecule has 1 aromatic heterocycles. The first-order valence-electron chi connectivity index (χ1n) is 7.67. The van der Waals surface area contributed by atoms with E-state index in [4.69, 9.17) is 0 Å². The number of rotatable bonds is 6. The van der Waals surface area contributed by atoms with Crippen LogP contribution in [0.25, 0.3) is 10.9 Å². The summed E-state index contributed by atoms with van der Waals surface area (Å²) in [5.74, 6) is -0.0710. The van der Waals surface area contributed by atoms with E-state index in [0.29, 0.717) is 18.8 Å². The highest BCUT2D eigenvalue weighted by atomic mass is 16.2. The number of hydrogen-bond acceptors (Lipinski definition) is 2. The number of nitrogens with zero attached hydrogens (tertiary/aromatic N) is 2. The van der Waals surface area contributed by atoms with E-state index in [-0.39, 0.29) is 5.91 Å². The van der Waals surface area contributed by atoms with E-state index in [1.54, 1.807) is 11.0 Å². The van der Waals surface area contributed by atoms with Crippen LogP contribution >= 0.6 is 0 Å². The third kappa shape index (κ3) is 3.31. The highest BCUT2D eigenvalue weighted by Gasteiger charge is 2.19. The smallest absolute Gasteiger partial charge is 0.275 e. The molecule has 116 valence electrons. The maximum absolute atomic E-state index is 12.8. The van der Waals surface area contributed by atoms with Gasteiger partial charge in [0.1, 0.15) is 0 Å². The quantitative estimate of drug-likeness (QED) is 0.709. The molecular weight excluding hydrogens is 286 g/mol. The number of amides is 1. The summed E-state index contributed by atoms with van der Waals surface area (Å²) in [6.45, 7) is 4.90. The van der Waals surface area contributed by atoms with Crippen molar-refractivity contribution in [1.82, 2.24) is 15.1 Å². The van der Waals surface area contributed by atoms with Gasteiger partial charge in [0, 0.05) is 18.5 Å². The summed E-state index contributed by atoms with van der Waals surface area (Å²) in [6, 6.07) is 17.8. The van der Waals surface area contributed by atoms with E-state index in [1.807, 2.05) is 42.5 Å². The van der Waals surface area contributed by atoms with E-state index in [9.17, 15) is 4.79 Å². The zero-order chi connectivity index (χ0) is 16.1. The van der Waals surface area contributed by atoms with Gasteiger partial charge in [-0.2, -0.15) is 5.10 Å². The van der Waals surface area contributed by atoms with Gasteiger partial charge < -0.3 is 4.90 Å². The summed E-state index contributed by atoms with van der Waals surface area (Å²) in [5, 5.41) is 7.97. The SMILES string of the molecule is C=CCN(CCc1ccccc1)C(=O)c1n[nH]c2ccccc12. The Balaban J connectivity index is 1.80. The maximum atomic E-state index is 12.8. The zero-order valence-electron chi connectivity index (χ0n) is 12.9. The number of carbonyl (C=O) groups is 1. The van der Waals surface area contributed by atoms with Crippen LogP contribution in [-0.2, 0) is 6.42 Å². The first kappa shape index (κ1) is 15.0. The Labute approximate surface area is 135 Å². The first-order chi connectivity index (χ1) is 11.3. The highest BCUT2D eigenvalue weighted by molar-refractivity contribution is 6.04. The average Bonchev–Trinajstić information content (AvgIpc) is 3.03. The minimum atomic E-state index is -0.0710. The summed E-state index contributed by atoms with van der Waals surface area (Å²) in [4.78, 5) is 14.6. The zero-order valence-corrected chi connectivity index (χ0v) is 12.9. The molecule has 1 heterocycles. The molecule has 0 aliphatic carbocycles. The highest BCUT2D eigenvalue weighted by Crippen LogP contribution is 2.17. The fraction of sp³-hybridized carbons (Fsp3) is 0.158. The molecule has 0 fully saturated rings. The lowest BCUT2D eigenvalue weighted by molar-refractivity contribution is 0.0771. The van der Waals surface area contributed by atoms with Crippen LogP contribution < -0.4 is 0 Å². The minimum absolute atomic E-state index is 0.0710. The maximum Gasteiger partial charge on any atom is 0.275 e. The van der Waals surface area contributed by atoms with Gasteiger partial charge >= 0.3 is 0 Å². The predicted octanol–water partition coefficient (Wildman–Crippen LogP) is 3.43. The van der Waals surface area contributed by atoms with Crippen molar-refractivity contribution in [3.8, 4) is 0 Å². The summed E-state index contributed by atoms with van der Waals surface area (Å²) < 4.78 is 0. The Morgan fingerprint density at radius 1 is 1.13 bits per heavy atom. The van der Waals surface area contributed by atoms with Gasteiger partial charge in [0.25, 0.3) is 5.91 Å². The van der Waals surface area contributed by atoms with Crippen molar-refractivity contribution in [1.29, 1.82) is 0 Å². The van der Waals surface area contributed by atoms with Crippen LogP contribution in [0.15, 0.2) is 67.3 Å². The van der Waals surface area contributed by atoms with Crippen LogP contribution in [0.4, 0.5) is 0 Å². The summed E-state index contributed by atoms with van der Waals surface area (Å²) in [5.41, 5.74) is 2.55. The summed E-state index contributed by atoms with van der Waals surface area (Å²) in [7, 11) is 0. The van der Waals surface area contributed by atoms with Gasteiger partial charge in [-0.25, -0.2) is 0 Å². The number of nitrogens with one attached hydrogen (secondary N) is 1. The van der Waals surface area contributed by atoms with Crippen molar-refractivity contribution in [2.75, 3.05) is 13.1 Å². The molecule has 0 saturated heterocycles. The van der Waals surface area contributed by atoms with Crippen LogP contribution in [0.1, 0.15) is 16.1 Å². The van der Waals surface area contributed by atoms with Crippen LogP contribution in [0.5, 0.6) is 0 Å². The second kappa shape index (κ2) is 6.92. The fourth-order valence-corrected chi connectivity index (χ4v) is 2.62. The molecule has 3 aromatic rings. The molecule has 0 saturated carbocycles. The largest absolute Gasteiger partial charge is 0.333 e. The molecule has 0 spiro atoms. The van der Waals surface area contributed by atoms with Crippen molar-refractivity contribution in [2.45, 2.75) is 6.42 Å². The van der Waals surface area contributed by atoms with Crippen molar-refractivity contribution in [3.63, 3.8) is 0 Å². The number of benzene rings is 2. The van der Waals surface area contributed by atoms with Crippen molar-refractivity contribution in [3.05, 3.63) is 78.5 Å². The van der Waals surface area contributed by atoms with Gasteiger partial charge in [0.2, 0.25) is 0 Å². The Bertz CT molecular complexity index is 808. The third-order valence-corrected chi connectivity index (χ3v) is 3.82. The molecule has 1 N–H and O–H groups in total. The molecular formula is C19H19N3O. The van der Waals surface area contributed by atoms with Crippen LogP contribution in [-0.4, -0.2) is 34.1 Å². The van der Waals surface area contributed by atoms with Gasteiger partial charge in [-0.1, -0.05) is 54.6 Å². The Hall–Kier alpha value is -2.88. The van der Waals surface area contributed by atoms with Gasteiger partial charge in [0.05, 0.1) is 5.52 Å². The summed E-state index contributed by atoms with van der Waals surface area (Å²) >= 11 is 0. The number of aromatic nitrogens is 2. The van der Waals surface area contributed by atoms with Gasteiger partial charge in [-0.15, -0.1) is 6.58 Å². The molecule has 0 radical (unpaired) electrons. The van der Waals surface area contributed by atoms with Gasteiger partial charge in [-0.3, -0.25) is 9.89 Å². The van der Waals surface area contributed by atoms with Crippen molar-refractivity contribution in [2.24, 2.45) is 0 Å². The Kier molecular flexibility index (Phi) is 4.52. The number of aromatic amines is 1. The van der Waals surface area contributed by atoms with E-state index >= 15 is 0 Å². The normalized spacial score (nSPS) is 10.6. The molecule has 0 unspecified atom stereocenters. The van der Waals surface area contributed by atoms with Crippen LogP contribution in [0.3, 0.4) is 0 Å². The number of H-pyrrole nitrogens is 1. The minimum Gasteiger partial charge on any atom is -0.333 e. The molecule has 0 aliphatic rings. The number of carbonyl (C=O) groups excluding carboxylic acids is 1. The Morgan fingerprint density at radius 2 is 1.87 bits per heavy atom. The lowest BCUT2D eigenvalue weighted by atomic mass is 10.1. The average molecular weight is 305 g/mol. The molecule has 4 nitrogen and oxygen atoms in total. The van der Waals surface area contributed by atoms with Crippen LogP contribution in [0, 0.1) is 0 Å². The predicted molar refractivity (Wildman–Crippen MR) is 92.3 cm³/mol. The van der Waals surface area contributed by atoms with Crippen molar-refractivity contribution >= 4 is 16.8 Å². The van der Waals surface area contributed by atoms with E-state index in [2.05, 4.69) is 28.9 Å². The standard InChI is InChI=1S/C19H19N3O/c1-2-13-22(14-12-15-8-4-3-5-9-15)19(23)18-16-10-6-7-11-17(16)20-21-18/h2-11H,1,12-14H2,(H,20,21). The van der Waals surface area contributed by atoms with Gasteiger partial charge in [-0.05, 0) is 18.1 Å². The lowest BCUT2D eigenvalue weighted by Gasteiger charge is -2.20. The molecule has 23 heavy (non-hydrogen) atoms. The molecule has 2 aromatic carbocycles. The monoisotopic (exact) mass is 305 g/mol. The number of para-hydroxylation sites is 1. The van der Waals surface area contributed by atoms with Crippen LogP contribution in [0.2, 0.25) is 0 Å². The number of fused-ring (bicyclic) bond motifs is 1. The molecule has 3 rings (SSSR count). The molecule has 0 aliphatic heterocycles. The number of hydrogen-bond donors (Lipinski definition) is 1. The topological polar surface area (TPSA) is 49.0 Å². The molecule has 4 heteroatoms. The molecule has 1 amide bonds. The molecule has 0 atom stereocenters. The second-order valence-corrected chi connectivity index (χ2v) is 5.39. The van der Waals surface area contributed by atoms with Gasteiger partial charge in [0.15, 0.2) is 5.69 Å².